The molecule has 1 atom stereocenters. The first-order valence-electron chi connectivity index (χ1n) is 6.52. The van der Waals surface area contributed by atoms with Crippen LogP contribution in [0.1, 0.15) is 25.8 Å². The van der Waals surface area contributed by atoms with Crippen molar-refractivity contribution >= 4 is 23.3 Å². The fourth-order valence-corrected chi connectivity index (χ4v) is 2.17. The van der Waals surface area contributed by atoms with E-state index in [1.54, 1.807) is 31.2 Å². The molecule has 0 spiro atoms. The number of oxime groups is 1. The number of hydrogen-bond donors (Lipinski definition) is 2. The standard InChI is InChI=1S/C15H17N3O3/c1-9(2)8-13-14(19)18(15(20)16-13)12-6-4-11(5-7-12)10(3)17-21/h4-7,13,21H,1,8H2,2-3H3,(H,16,20)/b17-10+. The van der Waals surface area contributed by atoms with Gasteiger partial charge in [-0.1, -0.05) is 22.9 Å². The number of anilines is 1. The summed E-state index contributed by atoms with van der Waals surface area (Å²) in [5.41, 5.74) is 2.49. The molecule has 21 heavy (non-hydrogen) atoms. The number of imide groups is 1. The van der Waals surface area contributed by atoms with Gasteiger partial charge in [0.05, 0.1) is 11.4 Å². The number of amides is 3. The Balaban J connectivity index is 2.23. The van der Waals surface area contributed by atoms with E-state index in [9.17, 15) is 9.59 Å². The highest BCUT2D eigenvalue weighted by molar-refractivity contribution is 6.21. The van der Waals surface area contributed by atoms with E-state index in [2.05, 4.69) is 17.1 Å². The average Bonchev–Trinajstić information content (AvgIpc) is 2.72. The van der Waals surface area contributed by atoms with Crippen LogP contribution in [-0.4, -0.2) is 28.9 Å². The molecule has 0 aliphatic carbocycles. The first kappa shape index (κ1) is 14.8. The fourth-order valence-electron chi connectivity index (χ4n) is 2.17. The third-order valence-electron chi connectivity index (χ3n) is 3.27. The Kier molecular flexibility index (Phi) is 4.07. The minimum atomic E-state index is -0.560. The summed E-state index contributed by atoms with van der Waals surface area (Å²) in [7, 11) is 0. The second kappa shape index (κ2) is 5.78. The Morgan fingerprint density at radius 2 is 1.95 bits per heavy atom. The molecule has 1 unspecified atom stereocenters. The van der Waals surface area contributed by atoms with Crippen molar-refractivity contribution in [2.24, 2.45) is 5.16 Å². The van der Waals surface area contributed by atoms with E-state index in [1.165, 1.54) is 0 Å². The van der Waals surface area contributed by atoms with Crippen LogP contribution in [0.15, 0.2) is 41.6 Å². The molecule has 6 nitrogen and oxygen atoms in total. The van der Waals surface area contributed by atoms with Crippen LogP contribution in [0.25, 0.3) is 0 Å². The highest BCUT2D eigenvalue weighted by atomic mass is 16.4. The molecular formula is C15H17N3O3. The Morgan fingerprint density at radius 3 is 2.48 bits per heavy atom. The predicted molar refractivity (Wildman–Crippen MR) is 79.7 cm³/mol. The Bertz CT molecular complexity index is 620. The molecule has 6 heteroatoms. The van der Waals surface area contributed by atoms with Crippen molar-refractivity contribution in [1.82, 2.24) is 5.32 Å². The van der Waals surface area contributed by atoms with Crippen molar-refractivity contribution in [3.8, 4) is 0 Å². The second-order valence-electron chi connectivity index (χ2n) is 5.07. The number of urea groups is 1. The van der Waals surface area contributed by atoms with Crippen LogP contribution < -0.4 is 10.2 Å². The lowest BCUT2D eigenvalue weighted by Crippen LogP contribution is -2.31. The average molecular weight is 287 g/mol. The van der Waals surface area contributed by atoms with E-state index < -0.39 is 12.1 Å². The van der Waals surface area contributed by atoms with Crippen LogP contribution in [0, 0.1) is 0 Å². The van der Waals surface area contributed by atoms with Gasteiger partial charge >= 0.3 is 6.03 Å². The minimum Gasteiger partial charge on any atom is -0.411 e. The van der Waals surface area contributed by atoms with Gasteiger partial charge in [0.25, 0.3) is 5.91 Å². The van der Waals surface area contributed by atoms with Gasteiger partial charge in [0, 0.05) is 0 Å². The Labute approximate surface area is 122 Å². The molecule has 2 N–H and O–H groups in total. The second-order valence-corrected chi connectivity index (χ2v) is 5.07. The first-order chi connectivity index (χ1) is 9.93. The van der Waals surface area contributed by atoms with Gasteiger partial charge in [-0.2, -0.15) is 0 Å². The van der Waals surface area contributed by atoms with Gasteiger partial charge < -0.3 is 10.5 Å². The van der Waals surface area contributed by atoms with E-state index in [-0.39, 0.29) is 5.91 Å². The number of rotatable bonds is 4. The summed E-state index contributed by atoms with van der Waals surface area (Å²) in [6.07, 6.45) is 0.426. The van der Waals surface area contributed by atoms with Crippen LogP contribution in [0.2, 0.25) is 0 Å². The molecule has 2 rings (SSSR count). The maximum Gasteiger partial charge on any atom is 0.329 e. The summed E-state index contributed by atoms with van der Waals surface area (Å²) in [4.78, 5) is 25.3. The van der Waals surface area contributed by atoms with Crippen molar-refractivity contribution in [2.75, 3.05) is 4.90 Å². The summed E-state index contributed by atoms with van der Waals surface area (Å²) >= 11 is 0. The number of nitrogens with zero attached hydrogens (tertiary/aromatic N) is 2. The van der Waals surface area contributed by atoms with Crippen molar-refractivity contribution in [2.45, 2.75) is 26.3 Å². The zero-order chi connectivity index (χ0) is 15.6. The maximum atomic E-state index is 12.3. The fraction of sp³-hybridized carbons (Fsp3) is 0.267. The Morgan fingerprint density at radius 1 is 1.33 bits per heavy atom. The molecule has 1 heterocycles. The molecule has 0 aromatic heterocycles. The minimum absolute atomic E-state index is 0.289. The van der Waals surface area contributed by atoms with Gasteiger partial charge in [0.2, 0.25) is 0 Å². The third kappa shape index (κ3) is 2.94. The van der Waals surface area contributed by atoms with E-state index in [0.29, 0.717) is 23.4 Å². The van der Waals surface area contributed by atoms with Crippen LogP contribution in [-0.2, 0) is 4.79 Å². The van der Waals surface area contributed by atoms with Gasteiger partial charge in [-0.05, 0) is 38.0 Å². The van der Waals surface area contributed by atoms with E-state index in [1.807, 2.05) is 6.92 Å². The molecule has 3 amide bonds. The predicted octanol–water partition coefficient (Wildman–Crippen LogP) is 2.28. The smallest absolute Gasteiger partial charge is 0.329 e. The monoisotopic (exact) mass is 287 g/mol. The molecule has 1 fully saturated rings. The first-order valence-corrected chi connectivity index (χ1v) is 6.52. The van der Waals surface area contributed by atoms with E-state index in [0.717, 1.165) is 10.5 Å². The topological polar surface area (TPSA) is 82.0 Å². The summed E-state index contributed by atoms with van der Waals surface area (Å²) in [5.74, 6) is -0.289. The van der Waals surface area contributed by atoms with Gasteiger partial charge in [0.15, 0.2) is 0 Å². The largest absolute Gasteiger partial charge is 0.411 e. The normalized spacial score (nSPS) is 18.9. The molecule has 1 aliphatic rings. The van der Waals surface area contributed by atoms with Gasteiger partial charge in [-0.15, -0.1) is 6.58 Å². The van der Waals surface area contributed by atoms with Crippen LogP contribution in [0.4, 0.5) is 10.5 Å². The number of benzene rings is 1. The third-order valence-corrected chi connectivity index (χ3v) is 3.27. The molecule has 0 saturated carbocycles. The number of carbonyl (C=O) groups is 2. The molecule has 0 radical (unpaired) electrons. The molecule has 1 saturated heterocycles. The lowest BCUT2D eigenvalue weighted by atomic mass is 10.1. The lowest BCUT2D eigenvalue weighted by molar-refractivity contribution is -0.118. The summed E-state index contributed by atoms with van der Waals surface area (Å²) in [6, 6.07) is 5.67. The molecule has 1 aliphatic heterocycles. The lowest BCUT2D eigenvalue weighted by Gasteiger charge is -2.13. The number of nitrogens with one attached hydrogen (secondary N) is 1. The summed E-state index contributed by atoms with van der Waals surface area (Å²) < 4.78 is 0. The van der Waals surface area contributed by atoms with Crippen molar-refractivity contribution in [3.05, 3.63) is 42.0 Å². The van der Waals surface area contributed by atoms with Crippen molar-refractivity contribution < 1.29 is 14.8 Å². The molecule has 1 aromatic rings. The SMILES string of the molecule is C=C(C)CC1NC(=O)N(c2ccc(/C(C)=N/O)cc2)C1=O. The maximum absolute atomic E-state index is 12.3. The van der Waals surface area contributed by atoms with E-state index in [4.69, 9.17) is 5.21 Å². The highest BCUT2D eigenvalue weighted by Crippen LogP contribution is 2.22. The van der Waals surface area contributed by atoms with Gasteiger partial charge in [-0.3, -0.25) is 4.79 Å². The van der Waals surface area contributed by atoms with E-state index >= 15 is 0 Å². The summed E-state index contributed by atoms with van der Waals surface area (Å²) in [6.45, 7) is 7.23. The highest BCUT2D eigenvalue weighted by Gasteiger charge is 2.38. The van der Waals surface area contributed by atoms with Crippen molar-refractivity contribution in [3.63, 3.8) is 0 Å². The molecule has 110 valence electrons. The number of hydrogen-bond acceptors (Lipinski definition) is 4. The van der Waals surface area contributed by atoms with Gasteiger partial charge in [-0.25, -0.2) is 9.69 Å². The van der Waals surface area contributed by atoms with Crippen LogP contribution in [0.3, 0.4) is 0 Å². The molecular weight excluding hydrogens is 270 g/mol. The summed E-state index contributed by atoms with van der Waals surface area (Å²) in [5, 5.41) is 14.5. The zero-order valence-corrected chi connectivity index (χ0v) is 12.0. The quantitative estimate of drug-likeness (QED) is 0.293. The molecule has 0 bridgehead atoms. The van der Waals surface area contributed by atoms with Crippen LogP contribution in [0.5, 0.6) is 0 Å². The van der Waals surface area contributed by atoms with Gasteiger partial charge in [0.1, 0.15) is 6.04 Å². The van der Waals surface area contributed by atoms with Crippen LogP contribution >= 0.6 is 0 Å². The Hall–Kier alpha value is -2.63. The zero-order valence-electron chi connectivity index (χ0n) is 12.0. The van der Waals surface area contributed by atoms with Crippen molar-refractivity contribution in [1.29, 1.82) is 0 Å². The molecule has 1 aromatic carbocycles. The number of carbonyl (C=O) groups excluding carboxylic acids is 2.